The lowest BCUT2D eigenvalue weighted by Crippen LogP contribution is -1.92. The van der Waals surface area contributed by atoms with Gasteiger partial charge in [-0.05, 0) is 30.4 Å². The van der Waals surface area contributed by atoms with Crippen LogP contribution in [0.3, 0.4) is 0 Å². The maximum Gasteiger partial charge on any atom is 0.185 e. The summed E-state index contributed by atoms with van der Waals surface area (Å²) in [7, 11) is 0. The molecular weight excluding hydrogens is 292 g/mol. The number of carbonyl (C=O) groups excluding carboxylic acids is 1. The predicted molar refractivity (Wildman–Crippen MR) is 75.6 cm³/mol. The van der Waals surface area contributed by atoms with E-state index in [2.05, 4.69) is 15.9 Å². The van der Waals surface area contributed by atoms with Crippen LogP contribution in [0.2, 0.25) is 0 Å². The summed E-state index contributed by atoms with van der Waals surface area (Å²) < 4.78 is 0.854. The van der Waals surface area contributed by atoms with Crippen molar-refractivity contribution in [1.29, 1.82) is 0 Å². The van der Waals surface area contributed by atoms with E-state index < -0.39 is 0 Å². The van der Waals surface area contributed by atoms with Crippen molar-refractivity contribution in [3.8, 4) is 5.75 Å². The standard InChI is InChI=1S/C15H11BrO2/c16-13-7-9-15(18)12(10-13)6-8-14(17)11-4-2-1-3-5-11/h1-10,18H/b8-6+. The highest BCUT2D eigenvalue weighted by Gasteiger charge is 2.02. The van der Waals surface area contributed by atoms with E-state index in [1.807, 2.05) is 18.2 Å². The van der Waals surface area contributed by atoms with Crippen molar-refractivity contribution < 1.29 is 9.90 Å². The van der Waals surface area contributed by atoms with E-state index in [9.17, 15) is 9.90 Å². The van der Waals surface area contributed by atoms with E-state index in [1.165, 1.54) is 6.08 Å². The number of ketones is 1. The van der Waals surface area contributed by atoms with Gasteiger partial charge in [-0.15, -0.1) is 0 Å². The van der Waals surface area contributed by atoms with Gasteiger partial charge in [0.1, 0.15) is 5.75 Å². The number of hydrogen-bond acceptors (Lipinski definition) is 2. The third-order valence-corrected chi connectivity index (χ3v) is 2.96. The second-order valence-corrected chi connectivity index (χ2v) is 4.68. The monoisotopic (exact) mass is 302 g/mol. The molecule has 2 nitrogen and oxygen atoms in total. The lowest BCUT2D eigenvalue weighted by Gasteiger charge is -1.99. The number of phenols is 1. The fourth-order valence-electron chi connectivity index (χ4n) is 1.52. The highest BCUT2D eigenvalue weighted by Crippen LogP contribution is 2.23. The first kappa shape index (κ1) is 12.6. The summed E-state index contributed by atoms with van der Waals surface area (Å²) in [5.41, 5.74) is 1.23. The van der Waals surface area contributed by atoms with Crippen LogP contribution in [0.4, 0.5) is 0 Å². The summed E-state index contributed by atoms with van der Waals surface area (Å²) in [6.07, 6.45) is 3.06. The summed E-state index contributed by atoms with van der Waals surface area (Å²) >= 11 is 3.32. The first-order chi connectivity index (χ1) is 8.66. The molecule has 0 unspecified atom stereocenters. The van der Waals surface area contributed by atoms with E-state index in [-0.39, 0.29) is 11.5 Å². The van der Waals surface area contributed by atoms with Gasteiger partial charge in [0.25, 0.3) is 0 Å². The second kappa shape index (κ2) is 5.65. The molecule has 0 radical (unpaired) electrons. The average molecular weight is 303 g/mol. The Labute approximate surface area is 114 Å². The lowest BCUT2D eigenvalue weighted by molar-refractivity contribution is 0.104. The highest BCUT2D eigenvalue weighted by atomic mass is 79.9. The van der Waals surface area contributed by atoms with Crippen molar-refractivity contribution in [3.63, 3.8) is 0 Å². The van der Waals surface area contributed by atoms with Crippen LogP contribution in [-0.2, 0) is 0 Å². The first-order valence-electron chi connectivity index (χ1n) is 5.43. The Kier molecular flexibility index (Phi) is 3.95. The molecule has 0 fully saturated rings. The zero-order chi connectivity index (χ0) is 13.0. The molecule has 0 bridgehead atoms. The Morgan fingerprint density at radius 2 is 1.83 bits per heavy atom. The smallest absolute Gasteiger partial charge is 0.185 e. The van der Waals surface area contributed by atoms with Crippen molar-refractivity contribution in [2.24, 2.45) is 0 Å². The third kappa shape index (κ3) is 3.08. The SMILES string of the molecule is O=C(/C=C/c1cc(Br)ccc1O)c1ccccc1. The van der Waals surface area contributed by atoms with Gasteiger partial charge in [0.2, 0.25) is 0 Å². The Hall–Kier alpha value is -1.87. The van der Waals surface area contributed by atoms with Gasteiger partial charge in [-0.1, -0.05) is 46.3 Å². The fraction of sp³-hybridized carbons (Fsp3) is 0. The number of halogens is 1. The minimum Gasteiger partial charge on any atom is -0.507 e. The molecule has 0 saturated carbocycles. The molecule has 0 amide bonds. The number of allylic oxidation sites excluding steroid dienone is 1. The van der Waals surface area contributed by atoms with Gasteiger partial charge >= 0.3 is 0 Å². The average Bonchev–Trinajstić information content (AvgIpc) is 2.40. The largest absolute Gasteiger partial charge is 0.507 e. The molecule has 2 rings (SSSR count). The van der Waals surface area contributed by atoms with E-state index in [0.717, 1.165) is 4.47 Å². The maximum atomic E-state index is 11.8. The molecule has 0 saturated heterocycles. The van der Waals surface area contributed by atoms with Crippen LogP contribution in [0.5, 0.6) is 5.75 Å². The first-order valence-corrected chi connectivity index (χ1v) is 6.22. The number of phenolic OH excluding ortho intramolecular Hbond substituents is 1. The van der Waals surface area contributed by atoms with Crippen molar-refractivity contribution in [3.05, 3.63) is 70.2 Å². The Balaban J connectivity index is 2.21. The van der Waals surface area contributed by atoms with E-state index in [1.54, 1.807) is 36.4 Å². The minimum atomic E-state index is -0.0880. The van der Waals surface area contributed by atoms with Gasteiger partial charge in [0, 0.05) is 15.6 Å². The number of carbonyl (C=O) groups is 1. The van der Waals surface area contributed by atoms with Gasteiger partial charge in [-0.2, -0.15) is 0 Å². The molecular formula is C15H11BrO2. The molecule has 3 heteroatoms. The zero-order valence-corrected chi connectivity index (χ0v) is 11.1. The summed E-state index contributed by atoms with van der Waals surface area (Å²) in [6, 6.07) is 14.1. The second-order valence-electron chi connectivity index (χ2n) is 3.77. The Bertz CT molecular complexity index is 589. The molecule has 0 heterocycles. The Morgan fingerprint density at radius 3 is 2.56 bits per heavy atom. The van der Waals surface area contributed by atoms with E-state index in [4.69, 9.17) is 0 Å². The summed E-state index contributed by atoms with van der Waals surface area (Å²) in [6.45, 7) is 0. The molecule has 1 N–H and O–H groups in total. The topological polar surface area (TPSA) is 37.3 Å². The van der Waals surface area contributed by atoms with E-state index >= 15 is 0 Å². The summed E-state index contributed by atoms with van der Waals surface area (Å²) in [4.78, 5) is 11.8. The van der Waals surface area contributed by atoms with Crippen LogP contribution in [0.15, 0.2) is 59.1 Å². The normalized spacial score (nSPS) is 10.7. The zero-order valence-electron chi connectivity index (χ0n) is 9.51. The molecule has 0 aromatic heterocycles. The molecule has 2 aromatic carbocycles. The van der Waals surface area contributed by atoms with Gasteiger partial charge in [-0.3, -0.25) is 4.79 Å². The van der Waals surface area contributed by atoms with Crippen LogP contribution in [-0.4, -0.2) is 10.9 Å². The lowest BCUT2D eigenvalue weighted by atomic mass is 10.1. The summed E-state index contributed by atoms with van der Waals surface area (Å²) in [5.74, 6) is 0.0605. The minimum absolute atomic E-state index is 0.0880. The van der Waals surface area contributed by atoms with Gasteiger partial charge in [0.05, 0.1) is 0 Å². The number of aromatic hydroxyl groups is 1. The number of benzene rings is 2. The molecule has 18 heavy (non-hydrogen) atoms. The van der Waals surface area contributed by atoms with Crippen LogP contribution < -0.4 is 0 Å². The Morgan fingerprint density at radius 1 is 1.11 bits per heavy atom. The fourth-order valence-corrected chi connectivity index (χ4v) is 1.90. The number of rotatable bonds is 3. The summed E-state index contributed by atoms with van der Waals surface area (Å²) in [5, 5.41) is 9.64. The van der Waals surface area contributed by atoms with Crippen molar-refractivity contribution in [2.45, 2.75) is 0 Å². The molecule has 2 aromatic rings. The number of hydrogen-bond donors (Lipinski definition) is 1. The quantitative estimate of drug-likeness (QED) is 0.686. The van der Waals surface area contributed by atoms with E-state index in [0.29, 0.717) is 11.1 Å². The maximum absolute atomic E-state index is 11.8. The van der Waals surface area contributed by atoms with Crippen molar-refractivity contribution >= 4 is 27.8 Å². The molecule has 0 aliphatic carbocycles. The van der Waals surface area contributed by atoms with Gasteiger partial charge in [0.15, 0.2) is 5.78 Å². The van der Waals surface area contributed by atoms with Crippen molar-refractivity contribution in [1.82, 2.24) is 0 Å². The van der Waals surface area contributed by atoms with Crippen LogP contribution >= 0.6 is 15.9 Å². The molecule has 0 spiro atoms. The molecule has 90 valence electrons. The molecule has 0 aliphatic rings. The van der Waals surface area contributed by atoms with Crippen LogP contribution in [0, 0.1) is 0 Å². The van der Waals surface area contributed by atoms with Gasteiger partial charge < -0.3 is 5.11 Å². The van der Waals surface area contributed by atoms with Crippen LogP contribution in [0.1, 0.15) is 15.9 Å². The van der Waals surface area contributed by atoms with Crippen molar-refractivity contribution in [2.75, 3.05) is 0 Å². The molecule has 0 aliphatic heterocycles. The molecule has 0 atom stereocenters. The predicted octanol–water partition coefficient (Wildman–Crippen LogP) is 4.05. The van der Waals surface area contributed by atoms with Gasteiger partial charge in [-0.25, -0.2) is 0 Å². The third-order valence-electron chi connectivity index (χ3n) is 2.46. The highest BCUT2D eigenvalue weighted by molar-refractivity contribution is 9.10. The van der Waals surface area contributed by atoms with Crippen LogP contribution in [0.25, 0.3) is 6.08 Å².